The number of halogens is 1. The summed E-state index contributed by atoms with van der Waals surface area (Å²) in [6.45, 7) is 6.06. The summed E-state index contributed by atoms with van der Waals surface area (Å²) in [4.78, 5) is 0. The van der Waals surface area contributed by atoms with E-state index >= 15 is 0 Å². The Morgan fingerprint density at radius 1 is 1.45 bits per heavy atom. The molecule has 2 heteroatoms. The minimum Gasteiger partial charge on any atom is -0.193 e. The zero-order chi connectivity index (χ0) is 8.91. The first kappa shape index (κ1) is 10.3. The van der Waals surface area contributed by atoms with Gasteiger partial charge in [-0.2, -0.15) is 5.26 Å². The molecular weight excluding hydrogens is 158 g/mol. The maximum absolute atomic E-state index is 8.17. The second-order valence-corrected chi connectivity index (χ2v) is 3.66. The van der Waals surface area contributed by atoms with Crippen molar-refractivity contribution in [1.29, 1.82) is 5.26 Å². The van der Waals surface area contributed by atoms with Gasteiger partial charge in [-0.05, 0) is 11.5 Å². The van der Waals surface area contributed by atoms with Gasteiger partial charge in [0.05, 0.1) is 6.07 Å². The van der Waals surface area contributed by atoms with Crippen LogP contribution in [-0.2, 0) is 0 Å². The SMILES string of the molecule is CC(C)(C)/C(Cl)=C\C=C/C#N. The van der Waals surface area contributed by atoms with Gasteiger partial charge in [-0.15, -0.1) is 0 Å². The van der Waals surface area contributed by atoms with Crippen LogP contribution in [0.2, 0.25) is 0 Å². The van der Waals surface area contributed by atoms with Crippen molar-refractivity contribution in [3.8, 4) is 6.07 Å². The van der Waals surface area contributed by atoms with Crippen LogP contribution in [-0.4, -0.2) is 0 Å². The summed E-state index contributed by atoms with van der Waals surface area (Å²) in [5.74, 6) is 0. The first-order valence-electron chi connectivity index (χ1n) is 3.41. The minimum atomic E-state index is -0.0264. The number of nitrogens with zero attached hydrogens (tertiary/aromatic N) is 1. The molecule has 0 atom stereocenters. The summed E-state index contributed by atoms with van der Waals surface area (Å²) >= 11 is 5.89. The number of nitriles is 1. The summed E-state index contributed by atoms with van der Waals surface area (Å²) in [6, 6.07) is 1.89. The zero-order valence-corrected chi connectivity index (χ0v) is 7.81. The molecule has 11 heavy (non-hydrogen) atoms. The van der Waals surface area contributed by atoms with Gasteiger partial charge in [0.15, 0.2) is 0 Å². The number of rotatable bonds is 1. The number of hydrogen-bond donors (Lipinski definition) is 0. The van der Waals surface area contributed by atoms with Crippen LogP contribution in [0.3, 0.4) is 0 Å². The quantitative estimate of drug-likeness (QED) is 0.437. The highest BCUT2D eigenvalue weighted by Gasteiger charge is 2.13. The topological polar surface area (TPSA) is 23.8 Å². The Kier molecular flexibility index (Phi) is 3.92. The summed E-state index contributed by atoms with van der Waals surface area (Å²) < 4.78 is 0. The first-order valence-corrected chi connectivity index (χ1v) is 3.78. The minimum absolute atomic E-state index is 0.0264. The fraction of sp³-hybridized carbons (Fsp3) is 0.444. The third-order valence-electron chi connectivity index (χ3n) is 1.13. The van der Waals surface area contributed by atoms with Crippen molar-refractivity contribution in [3.63, 3.8) is 0 Å². The summed E-state index contributed by atoms with van der Waals surface area (Å²) in [5.41, 5.74) is -0.0264. The molecule has 0 aromatic rings. The lowest BCUT2D eigenvalue weighted by Crippen LogP contribution is -2.03. The van der Waals surface area contributed by atoms with Gasteiger partial charge in [-0.1, -0.05) is 38.4 Å². The fourth-order valence-corrected chi connectivity index (χ4v) is 0.498. The van der Waals surface area contributed by atoms with Gasteiger partial charge in [0.1, 0.15) is 0 Å². The van der Waals surface area contributed by atoms with E-state index in [2.05, 4.69) is 0 Å². The highest BCUT2D eigenvalue weighted by molar-refractivity contribution is 6.30. The Morgan fingerprint density at radius 3 is 2.36 bits per heavy atom. The van der Waals surface area contributed by atoms with Crippen molar-refractivity contribution < 1.29 is 0 Å². The lowest BCUT2D eigenvalue weighted by Gasteiger charge is -2.16. The molecule has 0 aromatic heterocycles. The van der Waals surface area contributed by atoms with Gasteiger partial charge in [0.25, 0.3) is 0 Å². The van der Waals surface area contributed by atoms with Gasteiger partial charge in [0, 0.05) is 11.1 Å². The van der Waals surface area contributed by atoms with Gasteiger partial charge < -0.3 is 0 Å². The van der Waals surface area contributed by atoms with E-state index < -0.39 is 0 Å². The van der Waals surface area contributed by atoms with E-state index in [-0.39, 0.29) is 5.41 Å². The van der Waals surface area contributed by atoms with Crippen LogP contribution in [0.1, 0.15) is 20.8 Å². The molecule has 0 aliphatic heterocycles. The first-order chi connectivity index (χ1) is 4.98. The normalized spacial score (nSPS) is 13.5. The maximum atomic E-state index is 8.17. The molecular formula is C9H12ClN. The Morgan fingerprint density at radius 2 is 2.00 bits per heavy atom. The van der Waals surface area contributed by atoms with Gasteiger partial charge in [-0.3, -0.25) is 0 Å². The Balaban J connectivity index is 4.26. The Hall–Kier alpha value is -0.740. The van der Waals surface area contributed by atoms with Crippen LogP contribution in [0.4, 0.5) is 0 Å². The summed E-state index contributed by atoms with van der Waals surface area (Å²) in [5, 5.41) is 8.93. The van der Waals surface area contributed by atoms with Gasteiger partial charge in [0.2, 0.25) is 0 Å². The molecule has 0 aliphatic carbocycles. The molecule has 0 aliphatic rings. The number of hydrogen-bond acceptors (Lipinski definition) is 1. The predicted molar refractivity (Wildman–Crippen MR) is 48.1 cm³/mol. The van der Waals surface area contributed by atoms with E-state index in [1.165, 1.54) is 6.08 Å². The standard InChI is InChI=1S/C9H12ClN/c1-9(2,3)8(10)6-4-5-7-11/h4-6H,1-3H3/b5-4-,8-6+. The molecule has 0 spiro atoms. The molecule has 0 radical (unpaired) electrons. The van der Waals surface area contributed by atoms with E-state index in [4.69, 9.17) is 16.9 Å². The molecule has 0 saturated heterocycles. The van der Waals surface area contributed by atoms with Crippen molar-refractivity contribution in [2.75, 3.05) is 0 Å². The highest BCUT2D eigenvalue weighted by atomic mass is 35.5. The van der Waals surface area contributed by atoms with E-state index in [9.17, 15) is 0 Å². The fourth-order valence-electron chi connectivity index (χ4n) is 0.426. The van der Waals surface area contributed by atoms with Crippen LogP contribution in [0, 0.1) is 16.7 Å². The van der Waals surface area contributed by atoms with E-state index in [1.807, 2.05) is 26.8 Å². The van der Waals surface area contributed by atoms with Crippen LogP contribution in [0.5, 0.6) is 0 Å². The zero-order valence-electron chi connectivity index (χ0n) is 7.06. The molecule has 0 rings (SSSR count). The van der Waals surface area contributed by atoms with Crippen molar-refractivity contribution >= 4 is 11.6 Å². The third kappa shape index (κ3) is 4.64. The van der Waals surface area contributed by atoms with E-state index in [1.54, 1.807) is 12.2 Å². The molecule has 0 saturated carbocycles. The molecule has 0 aromatic carbocycles. The molecule has 0 amide bonds. The Labute approximate surface area is 73.0 Å². The monoisotopic (exact) mass is 169 g/mol. The van der Waals surface area contributed by atoms with Crippen LogP contribution in [0.15, 0.2) is 23.3 Å². The largest absolute Gasteiger partial charge is 0.193 e. The summed E-state index contributed by atoms with van der Waals surface area (Å²) in [7, 11) is 0. The average molecular weight is 170 g/mol. The van der Waals surface area contributed by atoms with Crippen LogP contribution in [0.25, 0.3) is 0 Å². The van der Waals surface area contributed by atoms with Crippen molar-refractivity contribution in [2.24, 2.45) is 5.41 Å². The van der Waals surface area contributed by atoms with Crippen molar-refractivity contribution in [2.45, 2.75) is 20.8 Å². The molecule has 0 N–H and O–H groups in total. The number of allylic oxidation sites excluding steroid dienone is 4. The molecule has 0 bridgehead atoms. The molecule has 0 fully saturated rings. The Bertz CT molecular complexity index is 213. The maximum Gasteiger partial charge on any atom is 0.0912 e. The molecule has 1 nitrogen and oxygen atoms in total. The summed E-state index contributed by atoms with van der Waals surface area (Å²) in [6.07, 6.45) is 4.78. The lowest BCUT2D eigenvalue weighted by atomic mass is 9.96. The second-order valence-electron chi connectivity index (χ2n) is 3.25. The third-order valence-corrected chi connectivity index (χ3v) is 1.82. The molecule has 0 unspecified atom stereocenters. The van der Waals surface area contributed by atoms with Crippen molar-refractivity contribution in [1.82, 2.24) is 0 Å². The lowest BCUT2D eigenvalue weighted by molar-refractivity contribution is 0.531. The second kappa shape index (κ2) is 4.20. The van der Waals surface area contributed by atoms with E-state index in [0.29, 0.717) is 0 Å². The highest BCUT2D eigenvalue weighted by Crippen LogP contribution is 2.27. The predicted octanol–water partition coefficient (Wildman–Crippen LogP) is 3.23. The van der Waals surface area contributed by atoms with Gasteiger partial charge >= 0.3 is 0 Å². The smallest absolute Gasteiger partial charge is 0.0912 e. The van der Waals surface area contributed by atoms with Crippen molar-refractivity contribution in [3.05, 3.63) is 23.3 Å². The van der Waals surface area contributed by atoms with Gasteiger partial charge in [-0.25, -0.2) is 0 Å². The molecule has 0 heterocycles. The average Bonchev–Trinajstić information content (AvgIpc) is 1.86. The van der Waals surface area contributed by atoms with Crippen LogP contribution < -0.4 is 0 Å². The van der Waals surface area contributed by atoms with E-state index in [0.717, 1.165) is 5.03 Å². The molecule has 60 valence electrons. The van der Waals surface area contributed by atoms with Crippen LogP contribution >= 0.6 is 11.6 Å².